The first-order valence-electron chi connectivity index (χ1n) is 10.1. The summed E-state index contributed by atoms with van der Waals surface area (Å²) in [6, 6.07) is 9.13. The van der Waals surface area contributed by atoms with E-state index in [-0.39, 0.29) is 5.92 Å². The van der Waals surface area contributed by atoms with Crippen molar-refractivity contribution < 1.29 is 9.90 Å². The van der Waals surface area contributed by atoms with Crippen molar-refractivity contribution in [3.63, 3.8) is 0 Å². The quantitative estimate of drug-likeness (QED) is 0.576. The lowest BCUT2D eigenvalue weighted by Crippen LogP contribution is -2.40. The summed E-state index contributed by atoms with van der Waals surface area (Å²) in [7, 11) is 0. The Balaban J connectivity index is 2.20. The number of hydrogen-bond acceptors (Lipinski definition) is 4. The van der Waals surface area contributed by atoms with E-state index in [0.717, 1.165) is 29.8 Å². The standard InChI is InChI=1S/C23H29N3O2/c1-4-6-7-8-9-20-14-26-21(15-25-20)18-10-12-19(13-11-18)23(16-24,22(27)28)17(3)5-2/h10-15,17H,4-9H2,1-3H3,(H,27,28). The minimum Gasteiger partial charge on any atom is -0.480 e. The highest BCUT2D eigenvalue weighted by molar-refractivity contribution is 5.85. The lowest BCUT2D eigenvalue weighted by atomic mass is 9.71. The van der Waals surface area contributed by atoms with Crippen LogP contribution in [-0.2, 0) is 16.6 Å². The van der Waals surface area contributed by atoms with Crippen molar-refractivity contribution in [2.24, 2.45) is 5.92 Å². The van der Waals surface area contributed by atoms with E-state index in [9.17, 15) is 15.2 Å². The van der Waals surface area contributed by atoms with Crippen LogP contribution in [-0.4, -0.2) is 21.0 Å². The minimum absolute atomic E-state index is 0.298. The summed E-state index contributed by atoms with van der Waals surface area (Å²) < 4.78 is 0. The summed E-state index contributed by atoms with van der Waals surface area (Å²) in [5.74, 6) is -1.41. The molecule has 0 saturated heterocycles. The van der Waals surface area contributed by atoms with Crippen LogP contribution in [0.1, 0.15) is 64.1 Å². The van der Waals surface area contributed by atoms with Gasteiger partial charge >= 0.3 is 5.97 Å². The van der Waals surface area contributed by atoms with Gasteiger partial charge in [0.25, 0.3) is 0 Å². The molecular weight excluding hydrogens is 350 g/mol. The number of unbranched alkanes of at least 4 members (excludes halogenated alkanes) is 3. The number of aromatic nitrogens is 2. The maximum absolute atomic E-state index is 11.9. The molecule has 148 valence electrons. The van der Waals surface area contributed by atoms with E-state index in [1.807, 2.05) is 31.3 Å². The van der Waals surface area contributed by atoms with Crippen LogP contribution in [0.2, 0.25) is 0 Å². The van der Waals surface area contributed by atoms with Crippen molar-refractivity contribution >= 4 is 5.97 Å². The first-order valence-corrected chi connectivity index (χ1v) is 10.1. The molecule has 28 heavy (non-hydrogen) atoms. The highest BCUT2D eigenvalue weighted by Crippen LogP contribution is 2.35. The third-order valence-electron chi connectivity index (χ3n) is 5.49. The molecule has 0 fully saturated rings. The monoisotopic (exact) mass is 379 g/mol. The first kappa shape index (κ1) is 21.6. The van der Waals surface area contributed by atoms with Crippen LogP contribution in [0.4, 0.5) is 0 Å². The second-order valence-electron chi connectivity index (χ2n) is 7.32. The molecule has 1 aromatic heterocycles. The normalized spacial score (nSPS) is 14.1. The zero-order valence-electron chi connectivity index (χ0n) is 17.0. The number of aliphatic carboxylic acids is 1. The Morgan fingerprint density at radius 1 is 1.14 bits per heavy atom. The highest BCUT2D eigenvalue weighted by Gasteiger charge is 2.45. The third kappa shape index (κ3) is 4.56. The number of carboxylic acid groups (broad SMARTS) is 1. The Bertz CT molecular complexity index is 809. The molecule has 1 N–H and O–H groups in total. The SMILES string of the molecule is CCCCCCc1cnc(-c2ccc(C(C#N)(C(=O)O)C(C)CC)cc2)cn1. The van der Waals surface area contributed by atoms with Gasteiger partial charge in [-0.25, -0.2) is 0 Å². The van der Waals surface area contributed by atoms with Gasteiger partial charge in [-0.2, -0.15) is 5.26 Å². The van der Waals surface area contributed by atoms with Gasteiger partial charge in [0.2, 0.25) is 0 Å². The molecule has 0 radical (unpaired) electrons. The summed E-state index contributed by atoms with van der Waals surface area (Å²) in [5, 5.41) is 19.4. The Morgan fingerprint density at radius 2 is 1.86 bits per heavy atom. The second kappa shape index (κ2) is 9.98. The zero-order chi connectivity index (χ0) is 20.6. The number of nitrogens with zero attached hydrogens (tertiary/aromatic N) is 3. The van der Waals surface area contributed by atoms with E-state index in [1.165, 1.54) is 19.3 Å². The van der Waals surface area contributed by atoms with Gasteiger partial charge in [-0.05, 0) is 24.3 Å². The molecule has 2 rings (SSSR count). The summed E-state index contributed by atoms with van der Waals surface area (Å²) in [6.07, 6.45) is 9.90. The molecule has 0 aliphatic carbocycles. The van der Waals surface area contributed by atoms with Crippen molar-refractivity contribution in [2.45, 2.75) is 64.7 Å². The number of carbonyl (C=O) groups is 1. The molecule has 5 heteroatoms. The molecule has 0 aliphatic rings. The van der Waals surface area contributed by atoms with Crippen LogP contribution in [0.15, 0.2) is 36.7 Å². The average Bonchev–Trinajstić information content (AvgIpc) is 2.72. The van der Waals surface area contributed by atoms with Gasteiger partial charge in [0.15, 0.2) is 5.41 Å². The van der Waals surface area contributed by atoms with Gasteiger partial charge in [-0.15, -0.1) is 0 Å². The Morgan fingerprint density at radius 3 is 2.36 bits per heavy atom. The Labute approximate surface area is 167 Å². The summed E-state index contributed by atoms with van der Waals surface area (Å²) in [5.41, 5.74) is 1.55. The summed E-state index contributed by atoms with van der Waals surface area (Å²) >= 11 is 0. The first-order chi connectivity index (χ1) is 13.5. The van der Waals surface area contributed by atoms with E-state index in [4.69, 9.17) is 0 Å². The fourth-order valence-electron chi connectivity index (χ4n) is 3.42. The Kier molecular flexibility index (Phi) is 7.69. The molecule has 1 aromatic carbocycles. The van der Waals surface area contributed by atoms with Crippen LogP contribution in [0.3, 0.4) is 0 Å². The molecule has 0 amide bonds. The van der Waals surface area contributed by atoms with Gasteiger partial charge < -0.3 is 5.11 Å². The number of hydrogen-bond donors (Lipinski definition) is 1. The van der Waals surface area contributed by atoms with E-state index in [2.05, 4.69) is 16.9 Å². The van der Waals surface area contributed by atoms with E-state index < -0.39 is 11.4 Å². The van der Waals surface area contributed by atoms with Crippen LogP contribution >= 0.6 is 0 Å². The predicted molar refractivity (Wildman–Crippen MR) is 110 cm³/mol. The zero-order valence-corrected chi connectivity index (χ0v) is 17.0. The van der Waals surface area contributed by atoms with Gasteiger partial charge in [0.1, 0.15) is 0 Å². The fourth-order valence-corrected chi connectivity index (χ4v) is 3.42. The summed E-state index contributed by atoms with van der Waals surface area (Å²) in [6.45, 7) is 5.89. The van der Waals surface area contributed by atoms with Gasteiger partial charge in [0.05, 0.1) is 23.7 Å². The molecule has 0 spiro atoms. The molecule has 0 aliphatic heterocycles. The van der Waals surface area contributed by atoms with Crippen molar-refractivity contribution in [2.75, 3.05) is 0 Å². The Hall–Kier alpha value is -2.74. The number of rotatable bonds is 10. The number of aryl methyl sites for hydroxylation is 1. The molecule has 2 atom stereocenters. The van der Waals surface area contributed by atoms with Gasteiger partial charge in [-0.3, -0.25) is 14.8 Å². The average molecular weight is 380 g/mol. The van der Waals surface area contributed by atoms with Crippen molar-refractivity contribution in [3.05, 3.63) is 47.9 Å². The largest absolute Gasteiger partial charge is 0.480 e. The summed E-state index contributed by atoms with van der Waals surface area (Å²) in [4.78, 5) is 20.9. The third-order valence-corrected chi connectivity index (χ3v) is 5.49. The molecule has 0 bridgehead atoms. The van der Waals surface area contributed by atoms with Gasteiger partial charge in [-0.1, -0.05) is 70.7 Å². The second-order valence-corrected chi connectivity index (χ2v) is 7.32. The van der Waals surface area contributed by atoms with Crippen LogP contribution in [0, 0.1) is 17.2 Å². The lowest BCUT2D eigenvalue weighted by molar-refractivity contribution is -0.143. The molecule has 5 nitrogen and oxygen atoms in total. The van der Waals surface area contributed by atoms with E-state index >= 15 is 0 Å². The molecule has 2 aromatic rings. The van der Waals surface area contributed by atoms with Crippen LogP contribution < -0.4 is 0 Å². The topological polar surface area (TPSA) is 86.9 Å². The molecular formula is C23H29N3O2. The molecule has 1 heterocycles. The van der Waals surface area contributed by atoms with Crippen molar-refractivity contribution in [1.29, 1.82) is 5.26 Å². The number of benzene rings is 1. The smallest absolute Gasteiger partial charge is 0.328 e. The molecule has 2 unspecified atom stereocenters. The lowest BCUT2D eigenvalue weighted by Gasteiger charge is -2.28. The molecule has 0 saturated carbocycles. The highest BCUT2D eigenvalue weighted by atomic mass is 16.4. The maximum Gasteiger partial charge on any atom is 0.328 e. The van der Waals surface area contributed by atoms with Gasteiger partial charge in [0, 0.05) is 11.8 Å². The van der Waals surface area contributed by atoms with Crippen LogP contribution in [0.5, 0.6) is 0 Å². The van der Waals surface area contributed by atoms with Crippen LogP contribution in [0.25, 0.3) is 11.3 Å². The van der Waals surface area contributed by atoms with Crippen molar-refractivity contribution in [1.82, 2.24) is 9.97 Å². The fraction of sp³-hybridized carbons (Fsp3) is 0.478. The number of carboxylic acids is 1. The minimum atomic E-state index is -1.54. The van der Waals surface area contributed by atoms with E-state index in [0.29, 0.717) is 12.0 Å². The van der Waals surface area contributed by atoms with Crippen molar-refractivity contribution in [3.8, 4) is 17.3 Å². The number of nitriles is 1. The van der Waals surface area contributed by atoms with E-state index in [1.54, 1.807) is 25.3 Å². The predicted octanol–water partition coefficient (Wildman–Crippen LogP) is 5.16. The maximum atomic E-state index is 11.9.